The molecule has 17 heavy (non-hydrogen) atoms. The third-order valence-corrected chi connectivity index (χ3v) is 3.56. The molecule has 1 aromatic rings. The Balaban J connectivity index is 2.69. The van der Waals surface area contributed by atoms with E-state index in [0.717, 1.165) is 4.47 Å². The summed E-state index contributed by atoms with van der Waals surface area (Å²) >= 11 is 3.41. The lowest BCUT2D eigenvalue weighted by Gasteiger charge is -2.20. The molecule has 1 saturated carbocycles. The maximum absolute atomic E-state index is 10.3. The van der Waals surface area contributed by atoms with Crippen molar-refractivity contribution in [3.63, 3.8) is 0 Å². The van der Waals surface area contributed by atoms with Crippen molar-refractivity contribution in [2.45, 2.75) is 18.4 Å². The molecule has 1 aliphatic carbocycles. The largest absolute Gasteiger partial charge is 0.495 e. The second kappa shape index (κ2) is 4.38. The van der Waals surface area contributed by atoms with Gasteiger partial charge in [-0.1, -0.05) is 0 Å². The summed E-state index contributed by atoms with van der Waals surface area (Å²) in [6.45, 7) is 0. The van der Waals surface area contributed by atoms with Crippen molar-refractivity contribution < 1.29 is 19.3 Å². The lowest BCUT2D eigenvalue weighted by atomic mass is 10.0. The van der Waals surface area contributed by atoms with Crippen LogP contribution in [0.25, 0.3) is 0 Å². The second-order valence-corrected chi connectivity index (χ2v) is 4.89. The predicted molar refractivity (Wildman–Crippen MR) is 66.9 cm³/mol. The van der Waals surface area contributed by atoms with E-state index in [-0.39, 0.29) is 0 Å². The molecule has 0 amide bonds. The summed E-state index contributed by atoms with van der Waals surface area (Å²) in [5, 5.41) is 10.3. The number of rotatable bonds is 4. The van der Waals surface area contributed by atoms with Gasteiger partial charge in [-0.15, -0.1) is 0 Å². The van der Waals surface area contributed by atoms with Crippen LogP contribution in [-0.4, -0.2) is 26.4 Å². The predicted octanol–water partition coefficient (Wildman–Crippen LogP) is 2.46. The zero-order valence-electron chi connectivity index (χ0n) is 10.0. The highest BCUT2D eigenvalue weighted by atomic mass is 79.9. The summed E-state index contributed by atoms with van der Waals surface area (Å²) in [5.41, 5.74) is -0.193. The number of aliphatic hydroxyl groups is 1. The molecular weight excluding hydrogens is 288 g/mol. The quantitative estimate of drug-likeness (QED) is 0.928. The van der Waals surface area contributed by atoms with Crippen molar-refractivity contribution in [1.82, 2.24) is 0 Å². The van der Waals surface area contributed by atoms with E-state index in [4.69, 9.17) is 14.2 Å². The molecule has 0 unspecified atom stereocenters. The van der Waals surface area contributed by atoms with Crippen molar-refractivity contribution >= 4 is 15.9 Å². The van der Waals surface area contributed by atoms with Gasteiger partial charge in [-0.2, -0.15) is 0 Å². The van der Waals surface area contributed by atoms with Crippen LogP contribution in [0.15, 0.2) is 10.5 Å². The number of ether oxygens (including phenoxy) is 3. The minimum Gasteiger partial charge on any atom is -0.495 e. The molecule has 0 heterocycles. The second-order valence-electron chi connectivity index (χ2n) is 4.03. The molecule has 0 saturated heterocycles. The molecule has 94 valence electrons. The molecule has 0 radical (unpaired) electrons. The Morgan fingerprint density at radius 1 is 1.12 bits per heavy atom. The molecule has 1 N–H and O–H groups in total. The molecule has 0 spiro atoms. The molecule has 0 aliphatic heterocycles. The van der Waals surface area contributed by atoms with Crippen molar-refractivity contribution in [3.8, 4) is 17.2 Å². The molecule has 0 aromatic heterocycles. The molecule has 1 aliphatic rings. The van der Waals surface area contributed by atoms with Gasteiger partial charge in [0, 0.05) is 6.07 Å². The van der Waals surface area contributed by atoms with Crippen LogP contribution in [0.2, 0.25) is 0 Å². The maximum atomic E-state index is 10.3. The molecule has 1 fully saturated rings. The average molecular weight is 303 g/mol. The topological polar surface area (TPSA) is 47.9 Å². The van der Waals surface area contributed by atoms with Crippen LogP contribution in [0, 0.1) is 0 Å². The van der Waals surface area contributed by atoms with Crippen molar-refractivity contribution in [2.24, 2.45) is 0 Å². The molecule has 1 aromatic carbocycles. The third-order valence-electron chi connectivity index (χ3n) is 2.97. The van der Waals surface area contributed by atoms with Crippen LogP contribution in [0.4, 0.5) is 0 Å². The summed E-state index contributed by atoms with van der Waals surface area (Å²) in [6.07, 6.45) is 1.42. The lowest BCUT2D eigenvalue weighted by Crippen LogP contribution is -2.10. The van der Waals surface area contributed by atoms with E-state index in [1.54, 1.807) is 27.4 Å². The van der Waals surface area contributed by atoms with Gasteiger partial charge >= 0.3 is 0 Å². The molecule has 2 rings (SSSR count). The van der Waals surface area contributed by atoms with Gasteiger partial charge in [0.05, 0.1) is 37.0 Å². The minimum atomic E-state index is -0.853. The Labute approximate surface area is 109 Å². The number of halogens is 1. The lowest BCUT2D eigenvalue weighted by molar-refractivity contribution is 0.142. The van der Waals surface area contributed by atoms with Crippen LogP contribution >= 0.6 is 15.9 Å². The first-order valence-corrected chi connectivity index (χ1v) is 6.08. The molecule has 0 atom stereocenters. The van der Waals surface area contributed by atoms with Crippen LogP contribution in [0.3, 0.4) is 0 Å². The normalized spacial score (nSPS) is 16.5. The van der Waals surface area contributed by atoms with E-state index in [2.05, 4.69) is 15.9 Å². The minimum absolute atomic E-state index is 0.535. The first-order chi connectivity index (χ1) is 8.07. The Bertz CT molecular complexity index is 441. The maximum Gasteiger partial charge on any atom is 0.170 e. The zero-order valence-corrected chi connectivity index (χ0v) is 11.6. The van der Waals surface area contributed by atoms with E-state index in [9.17, 15) is 5.11 Å². The van der Waals surface area contributed by atoms with Crippen LogP contribution in [-0.2, 0) is 5.60 Å². The number of benzene rings is 1. The molecule has 0 bridgehead atoms. The van der Waals surface area contributed by atoms with Gasteiger partial charge in [0.1, 0.15) is 5.75 Å². The molecule has 5 heteroatoms. The summed E-state index contributed by atoms with van der Waals surface area (Å²) < 4.78 is 16.7. The van der Waals surface area contributed by atoms with Crippen molar-refractivity contribution in [2.75, 3.05) is 21.3 Å². The standard InChI is InChI=1S/C12H15BrO4/c1-15-8-6-7(13)10(16-2)9(11(8)17-3)12(14)4-5-12/h6,14H,4-5H2,1-3H3. The summed E-state index contributed by atoms with van der Waals surface area (Å²) in [5.74, 6) is 1.71. The SMILES string of the molecule is COc1cc(Br)c(OC)c(C2(O)CC2)c1OC. The first-order valence-electron chi connectivity index (χ1n) is 5.28. The Hall–Kier alpha value is -0.940. The van der Waals surface area contributed by atoms with E-state index in [0.29, 0.717) is 35.7 Å². The van der Waals surface area contributed by atoms with Gasteiger partial charge in [-0.25, -0.2) is 0 Å². The van der Waals surface area contributed by atoms with E-state index in [1.807, 2.05) is 0 Å². The highest BCUT2D eigenvalue weighted by Gasteiger charge is 2.48. The van der Waals surface area contributed by atoms with Crippen molar-refractivity contribution in [3.05, 3.63) is 16.1 Å². The highest BCUT2D eigenvalue weighted by Crippen LogP contribution is 2.56. The van der Waals surface area contributed by atoms with E-state index >= 15 is 0 Å². The fourth-order valence-corrected chi connectivity index (χ4v) is 2.50. The zero-order chi connectivity index (χ0) is 12.6. The summed E-state index contributed by atoms with van der Waals surface area (Å²) in [4.78, 5) is 0. The Morgan fingerprint density at radius 3 is 2.12 bits per heavy atom. The first kappa shape index (κ1) is 12.5. The fourth-order valence-electron chi connectivity index (χ4n) is 1.94. The van der Waals surface area contributed by atoms with Gasteiger partial charge in [-0.05, 0) is 28.8 Å². The average Bonchev–Trinajstić information content (AvgIpc) is 3.06. The van der Waals surface area contributed by atoms with Gasteiger partial charge in [-0.3, -0.25) is 0 Å². The Morgan fingerprint density at radius 2 is 1.71 bits per heavy atom. The van der Waals surface area contributed by atoms with Gasteiger partial charge in [0.25, 0.3) is 0 Å². The Kier molecular flexibility index (Phi) is 3.23. The van der Waals surface area contributed by atoms with E-state index < -0.39 is 5.60 Å². The monoisotopic (exact) mass is 302 g/mol. The van der Waals surface area contributed by atoms with Gasteiger partial charge in [0.15, 0.2) is 11.5 Å². The van der Waals surface area contributed by atoms with Crippen LogP contribution in [0.1, 0.15) is 18.4 Å². The smallest absolute Gasteiger partial charge is 0.170 e. The molecule has 4 nitrogen and oxygen atoms in total. The third kappa shape index (κ3) is 1.98. The highest BCUT2D eigenvalue weighted by molar-refractivity contribution is 9.10. The summed E-state index contributed by atoms with van der Waals surface area (Å²) in [7, 11) is 4.69. The molecular formula is C12H15BrO4. The number of methoxy groups -OCH3 is 3. The summed E-state index contributed by atoms with van der Waals surface area (Å²) in [6, 6.07) is 1.77. The fraction of sp³-hybridized carbons (Fsp3) is 0.500. The van der Waals surface area contributed by atoms with Gasteiger partial charge < -0.3 is 19.3 Å². The van der Waals surface area contributed by atoms with Crippen LogP contribution < -0.4 is 14.2 Å². The number of hydrogen-bond acceptors (Lipinski definition) is 4. The van der Waals surface area contributed by atoms with Crippen LogP contribution in [0.5, 0.6) is 17.2 Å². The number of hydrogen-bond donors (Lipinski definition) is 1. The van der Waals surface area contributed by atoms with E-state index in [1.165, 1.54) is 0 Å². The van der Waals surface area contributed by atoms with Crippen molar-refractivity contribution in [1.29, 1.82) is 0 Å². The van der Waals surface area contributed by atoms with Gasteiger partial charge in [0.2, 0.25) is 0 Å².